The van der Waals surface area contributed by atoms with Crippen molar-refractivity contribution in [1.29, 1.82) is 0 Å². The van der Waals surface area contributed by atoms with Gasteiger partial charge in [0.15, 0.2) is 11.6 Å². The molecule has 0 bridgehead atoms. The summed E-state index contributed by atoms with van der Waals surface area (Å²) in [5, 5.41) is 8.97. The quantitative estimate of drug-likeness (QED) is 0.530. The molecule has 0 aromatic heterocycles. The number of Topliss-reactive ketones (excluding diaryl/α,β-unsaturated/α-hetero) is 2. The second-order valence-electron chi connectivity index (χ2n) is 7.67. The third-order valence-corrected chi connectivity index (χ3v) is 5.91. The van der Waals surface area contributed by atoms with Gasteiger partial charge in [-0.25, -0.2) is 0 Å². The molecule has 1 aliphatic heterocycles. The van der Waals surface area contributed by atoms with Crippen molar-refractivity contribution in [2.75, 3.05) is 7.11 Å². The minimum atomic E-state index is -0.927. The summed E-state index contributed by atoms with van der Waals surface area (Å²) in [5.74, 6) is -0.722. The van der Waals surface area contributed by atoms with Crippen LogP contribution in [0.1, 0.15) is 43.8 Å². The molecule has 0 spiro atoms. The first-order valence-corrected chi connectivity index (χ1v) is 10.2. The van der Waals surface area contributed by atoms with Crippen LogP contribution in [0, 0.1) is 5.92 Å². The summed E-state index contributed by atoms with van der Waals surface area (Å²) in [5.41, 5.74) is 3.38. The Labute approximate surface area is 180 Å². The van der Waals surface area contributed by atoms with Crippen molar-refractivity contribution in [1.82, 2.24) is 0 Å². The van der Waals surface area contributed by atoms with Crippen molar-refractivity contribution < 1.29 is 14.3 Å². The molecule has 5 nitrogen and oxygen atoms in total. The Morgan fingerprint density at radius 1 is 0.742 bits per heavy atom. The number of hydrogen-bond acceptors (Lipinski definition) is 5. The van der Waals surface area contributed by atoms with Crippen LogP contribution in [0.5, 0.6) is 5.75 Å². The molecule has 0 saturated heterocycles. The van der Waals surface area contributed by atoms with Gasteiger partial charge < -0.3 is 4.74 Å². The molecule has 0 amide bonds. The van der Waals surface area contributed by atoms with Gasteiger partial charge in [-0.05, 0) is 29.3 Å². The molecule has 1 heterocycles. The number of azo groups is 1. The largest absolute Gasteiger partial charge is 0.497 e. The standard InChI is InChI=1S/C26H20N2O3/c1-31-18-13-11-17(12-14-18)24-21(16-7-3-2-4-8-16)15-22(27-28-24)23-25(29)19-9-5-6-10-20(19)26(23)30/h2-15,21,23-24H,1H3/t21-,24-/m0/s1. The molecule has 2 aliphatic rings. The summed E-state index contributed by atoms with van der Waals surface area (Å²) in [6.07, 6.45) is 1.93. The Morgan fingerprint density at radius 3 is 1.97 bits per heavy atom. The van der Waals surface area contributed by atoms with Gasteiger partial charge in [0.2, 0.25) is 0 Å². The van der Waals surface area contributed by atoms with Gasteiger partial charge >= 0.3 is 0 Å². The number of ketones is 2. The van der Waals surface area contributed by atoms with Crippen LogP contribution in [0.2, 0.25) is 0 Å². The molecule has 1 aliphatic carbocycles. The van der Waals surface area contributed by atoms with Gasteiger partial charge in [0.1, 0.15) is 17.7 Å². The van der Waals surface area contributed by atoms with Gasteiger partial charge in [0.25, 0.3) is 0 Å². The van der Waals surface area contributed by atoms with E-state index >= 15 is 0 Å². The van der Waals surface area contributed by atoms with Crippen molar-refractivity contribution in [3.05, 3.63) is 113 Å². The lowest BCUT2D eigenvalue weighted by atomic mass is 9.84. The summed E-state index contributed by atoms with van der Waals surface area (Å²) in [6, 6.07) is 24.4. The number of methoxy groups -OCH3 is 1. The third kappa shape index (κ3) is 3.28. The Morgan fingerprint density at radius 2 is 1.35 bits per heavy atom. The monoisotopic (exact) mass is 408 g/mol. The molecule has 5 rings (SSSR count). The fraction of sp³-hybridized carbons (Fsp3) is 0.154. The number of ether oxygens (including phenoxy) is 1. The topological polar surface area (TPSA) is 68.1 Å². The lowest BCUT2D eigenvalue weighted by Gasteiger charge is -2.26. The van der Waals surface area contributed by atoms with E-state index < -0.39 is 5.92 Å². The number of nitrogens with zero attached hydrogens (tertiary/aromatic N) is 2. The van der Waals surface area contributed by atoms with Crippen LogP contribution in [0.3, 0.4) is 0 Å². The molecule has 0 unspecified atom stereocenters. The summed E-state index contributed by atoms with van der Waals surface area (Å²) in [4.78, 5) is 26.0. The highest BCUT2D eigenvalue weighted by Crippen LogP contribution is 2.43. The predicted octanol–water partition coefficient (Wildman–Crippen LogP) is 5.57. The van der Waals surface area contributed by atoms with Gasteiger partial charge in [-0.15, -0.1) is 0 Å². The minimum absolute atomic E-state index is 0.147. The second-order valence-corrected chi connectivity index (χ2v) is 7.67. The zero-order valence-corrected chi connectivity index (χ0v) is 16.9. The summed E-state index contributed by atoms with van der Waals surface area (Å²) in [7, 11) is 1.63. The number of carbonyl (C=O) groups excluding carboxylic acids is 2. The van der Waals surface area contributed by atoms with E-state index in [4.69, 9.17) is 4.74 Å². The van der Waals surface area contributed by atoms with E-state index in [1.807, 2.05) is 60.7 Å². The highest BCUT2D eigenvalue weighted by atomic mass is 16.5. The van der Waals surface area contributed by atoms with Gasteiger partial charge in [-0.1, -0.05) is 66.7 Å². The van der Waals surface area contributed by atoms with Crippen molar-refractivity contribution in [2.45, 2.75) is 12.0 Å². The maximum absolute atomic E-state index is 13.0. The molecule has 152 valence electrons. The van der Waals surface area contributed by atoms with Gasteiger partial charge in [-0.2, -0.15) is 10.2 Å². The molecule has 0 radical (unpaired) electrons. The predicted molar refractivity (Wildman–Crippen MR) is 116 cm³/mol. The highest BCUT2D eigenvalue weighted by Gasteiger charge is 2.42. The smallest absolute Gasteiger partial charge is 0.180 e. The molecule has 0 N–H and O–H groups in total. The average molecular weight is 408 g/mol. The van der Waals surface area contributed by atoms with E-state index in [1.54, 1.807) is 31.4 Å². The van der Waals surface area contributed by atoms with E-state index in [-0.39, 0.29) is 23.5 Å². The van der Waals surface area contributed by atoms with E-state index in [1.165, 1.54) is 0 Å². The molecule has 2 atom stereocenters. The Kier molecular flexibility index (Phi) is 4.79. The van der Waals surface area contributed by atoms with Crippen LogP contribution in [0.25, 0.3) is 0 Å². The van der Waals surface area contributed by atoms with Crippen LogP contribution in [-0.4, -0.2) is 18.7 Å². The molecule has 3 aromatic rings. The number of allylic oxidation sites excluding steroid dienone is 1. The first-order chi connectivity index (χ1) is 15.2. The average Bonchev–Trinajstić information content (AvgIpc) is 3.09. The number of rotatable bonds is 4. The van der Waals surface area contributed by atoms with E-state index in [2.05, 4.69) is 10.2 Å². The SMILES string of the molecule is COc1ccc([C@@H]2N=NC(C3C(=O)c4ccccc4C3=O)=C[C@H]2c2ccccc2)cc1. The molecular weight excluding hydrogens is 388 g/mol. The molecule has 0 saturated carbocycles. The van der Waals surface area contributed by atoms with E-state index in [0.717, 1.165) is 16.9 Å². The second kappa shape index (κ2) is 7.76. The van der Waals surface area contributed by atoms with Gasteiger partial charge in [-0.3, -0.25) is 9.59 Å². The summed E-state index contributed by atoms with van der Waals surface area (Å²) < 4.78 is 5.27. The lowest BCUT2D eigenvalue weighted by Crippen LogP contribution is -2.21. The minimum Gasteiger partial charge on any atom is -0.497 e. The zero-order chi connectivity index (χ0) is 21.4. The Hall–Kier alpha value is -3.86. The van der Waals surface area contributed by atoms with Crippen LogP contribution in [0.15, 0.2) is 101 Å². The normalized spacial score (nSPS) is 20.5. The molecular formula is C26H20N2O3. The number of hydrogen-bond donors (Lipinski definition) is 0. The summed E-state index contributed by atoms with van der Waals surface area (Å²) in [6.45, 7) is 0. The van der Waals surface area contributed by atoms with Crippen molar-refractivity contribution in [3.63, 3.8) is 0 Å². The number of fused-ring (bicyclic) bond motifs is 1. The van der Waals surface area contributed by atoms with Crippen molar-refractivity contribution in [3.8, 4) is 5.75 Å². The molecule has 5 heteroatoms. The maximum atomic E-state index is 13.0. The number of carbonyl (C=O) groups is 2. The maximum Gasteiger partial charge on any atom is 0.180 e. The van der Waals surface area contributed by atoms with Crippen LogP contribution < -0.4 is 4.74 Å². The number of benzene rings is 3. The van der Waals surface area contributed by atoms with E-state index in [0.29, 0.717) is 16.8 Å². The van der Waals surface area contributed by atoms with Crippen LogP contribution in [0.4, 0.5) is 0 Å². The van der Waals surface area contributed by atoms with Crippen molar-refractivity contribution >= 4 is 11.6 Å². The van der Waals surface area contributed by atoms with Gasteiger partial charge in [0.05, 0.1) is 12.8 Å². The Balaban J connectivity index is 1.55. The fourth-order valence-corrected chi connectivity index (χ4v) is 4.30. The molecule has 31 heavy (non-hydrogen) atoms. The molecule has 0 fully saturated rings. The van der Waals surface area contributed by atoms with Gasteiger partial charge in [0, 0.05) is 17.0 Å². The first-order valence-electron chi connectivity index (χ1n) is 10.2. The Bertz CT molecular complexity index is 1180. The molecule has 3 aromatic carbocycles. The zero-order valence-electron chi connectivity index (χ0n) is 16.9. The van der Waals surface area contributed by atoms with E-state index in [9.17, 15) is 9.59 Å². The third-order valence-electron chi connectivity index (χ3n) is 5.91. The summed E-state index contributed by atoms with van der Waals surface area (Å²) >= 11 is 0. The van der Waals surface area contributed by atoms with Crippen LogP contribution >= 0.6 is 0 Å². The first kappa shape index (κ1) is 19.1. The fourth-order valence-electron chi connectivity index (χ4n) is 4.30. The highest BCUT2D eigenvalue weighted by molar-refractivity contribution is 6.28. The van der Waals surface area contributed by atoms with Crippen molar-refractivity contribution in [2.24, 2.45) is 16.1 Å². The van der Waals surface area contributed by atoms with Crippen LogP contribution in [-0.2, 0) is 0 Å². The lowest BCUT2D eigenvalue weighted by molar-refractivity contribution is 0.0861.